The van der Waals surface area contributed by atoms with Crippen LogP contribution in [0.3, 0.4) is 0 Å². The van der Waals surface area contributed by atoms with E-state index < -0.39 is 0 Å². The van der Waals surface area contributed by atoms with Crippen molar-refractivity contribution in [2.75, 3.05) is 27.2 Å². The molecule has 1 aliphatic carbocycles. The molecule has 1 aliphatic heterocycles. The summed E-state index contributed by atoms with van der Waals surface area (Å²) in [6.07, 6.45) is 3.91. The van der Waals surface area contributed by atoms with Crippen LogP contribution >= 0.6 is 0 Å². The number of nitrogens with one attached hydrogen (secondary N) is 2. The van der Waals surface area contributed by atoms with Crippen LogP contribution in [0.4, 0.5) is 4.79 Å². The third-order valence-corrected chi connectivity index (χ3v) is 5.23. The Labute approximate surface area is 147 Å². The topological polar surface area (TPSA) is 99.5 Å². The number of carbonyl (C=O) groups is 2. The van der Waals surface area contributed by atoms with Crippen LogP contribution in [0, 0.1) is 0 Å². The number of rotatable bonds is 3. The van der Waals surface area contributed by atoms with Gasteiger partial charge in [0, 0.05) is 38.0 Å². The first-order chi connectivity index (χ1) is 12.0. The molecule has 0 radical (unpaired) electrons. The fourth-order valence-electron chi connectivity index (χ4n) is 3.74. The van der Waals surface area contributed by atoms with Gasteiger partial charge in [0.1, 0.15) is 0 Å². The molecule has 2 amide bonds. The first-order valence-electron chi connectivity index (χ1n) is 8.95. The normalized spacial score (nSPS) is 23.8. The predicted molar refractivity (Wildman–Crippen MR) is 92.3 cm³/mol. The summed E-state index contributed by atoms with van der Waals surface area (Å²) in [5.41, 5.74) is 3.09. The molecule has 1 fully saturated rings. The Hall–Kier alpha value is -1.93. The number of hydrogen-bond donors (Lipinski definition) is 3. The van der Waals surface area contributed by atoms with Gasteiger partial charge in [0.15, 0.2) is 0 Å². The summed E-state index contributed by atoms with van der Waals surface area (Å²) < 4.78 is 1.45. The lowest BCUT2D eigenvalue weighted by molar-refractivity contribution is -0.119. The van der Waals surface area contributed by atoms with E-state index in [0.29, 0.717) is 0 Å². The van der Waals surface area contributed by atoms with E-state index in [1.54, 1.807) is 0 Å². The van der Waals surface area contributed by atoms with Crippen LogP contribution in [0.25, 0.3) is 0 Å². The average Bonchev–Trinajstić information content (AvgIpc) is 2.98. The zero-order valence-corrected chi connectivity index (χ0v) is 14.9. The van der Waals surface area contributed by atoms with E-state index in [1.807, 2.05) is 0 Å². The molecular formula is C17H27N5O3. The third-order valence-electron chi connectivity index (χ3n) is 5.23. The Morgan fingerprint density at radius 1 is 1.28 bits per heavy atom. The molecule has 0 saturated heterocycles. The molecule has 0 atom stereocenters. The number of carbonyl (C=O) groups excluding carboxylic acids is 2. The Balaban J connectivity index is 1.85. The zero-order chi connectivity index (χ0) is 18.0. The van der Waals surface area contributed by atoms with E-state index in [9.17, 15) is 14.7 Å². The highest BCUT2D eigenvalue weighted by atomic mass is 16.3. The van der Waals surface area contributed by atoms with Crippen molar-refractivity contribution in [3.8, 4) is 0 Å². The first-order valence-corrected chi connectivity index (χ1v) is 8.95. The van der Waals surface area contributed by atoms with Gasteiger partial charge in [-0.1, -0.05) is 0 Å². The molecule has 2 heterocycles. The summed E-state index contributed by atoms with van der Waals surface area (Å²) in [5, 5.41) is 19.5. The largest absolute Gasteiger partial charge is 0.393 e. The van der Waals surface area contributed by atoms with Gasteiger partial charge in [0.2, 0.25) is 5.91 Å². The van der Waals surface area contributed by atoms with Crippen LogP contribution in [0.1, 0.15) is 48.6 Å². The second-order valence-corrected chi connectivity index (χ2v) is 7.05. The van der Waals surface area contributed by atoms with Crippen molar-refractivity contribution >= 4 is 11.9 Å². The molecule has 1 aromatic heterocycles. The predicted octanol–water partition coefficient (Wildman–Crippen LogP) is 0.193. The molecule has 1 saturated carbocycles. The van der Waals surface area contributed by atoms with Crippen LogP contribution in [0.2, 0.25) is 0 Å². The quantitative estimate of drug-likeness (QED) is 0.724. The molecule has 3 rings (SSSR count). The highest BCUT2D eigenvalue weighted by molar-refractivity contribution is 5.84. The van der Waals surface area contributed by atoms with Gasteiger partial charge in [-0.25, -0.2) is 4.79 Å². The number of aromatic nitrogens is 2. The minimum absolute atomic E-state index is 0.0607. The smallest absolute Gasteiger partial charge is 0.342 e. The van der Waals surface area contributed by atoms with E-state index in [4.69, 9.17) is 0 Å². The molecular weight excluding hydrogens is 322 g/mol. The standard InChI is InChI=1S/C17H27N5O3/c1-18-15(24)9-19-17(25)22-14-7-8-21(2)10-13(14)16(20-22)11-3-5-12(23)6-4-11/h11-12,23H,3-10H2,1-2H3,(H,18,24)(H,19,25). The molecule has 0 aromatic carbocycles. The fourth-order valence-corrected chi connectivity index (χ4v) is 3.74. The lowest BCUT2D eigenvalue weighted by atomic mass is 9.83. The summed E-state index contributed by atoms with van der Waals surface area (Å²) in [7, 11) is 3.61. The molecule has 8 heteroatoms. The number of nitrogens with zero attached hydrogens (tertiary/aromatic N) is 3. The lowest BCUT2D eigenvalue weighted by Crippen LogP contribution is -2.39. The monoisotopic (exact) mass is 349 g/mol. The molecule has 0 bridgehead atoms. The fraction of sp³-hybridized carbons (Fsp3) is 0.706. The lowest BCUT2D eigenvalue weighted by Gasteiger charge is -2.27. The van der Waals surface area contributed by atoms with Crippen molar-refractivity contribution in [1.82, 2.24) is 25.3 Å². The summed E-state index contributed by atoms with van der Waals surface area (Å²) in [5.74, 6) is 0.0484. The van der Waals surface area contributed by atoms with Gasteiger partial charge in [-0.2, -0.15) is 9.78 Å². The van der Waals surface area contributed by atoms with Crippen molar-refractivity contribution < 1.29 is 14.7 Å². The number of aliphatic hydroxyl groups excluding tert-OH is 1. The Morgan fingerprint density at radius 3 is 2.68 bits per heavy atom. The minimum atomic E-state index is -0.355. The maximum absolute atomic E-state index is 12.5. The number of hydrogen-bond acceptors (Lipinski definition) is 5. The number of aliphatic hydroxyl groups is 1. The zero-order valence-electron chi connectivity index (χ0n) is 14.9. The average molecular weight is 349 g/mol. The van der Waals surface area contributed by atoms with Crippen molar-refractivity contribution in [1.29, 1.82) is 0 Å². The van der Waals surface area contributed by atoms with E-state index >= 15 is 0 Å². The van der Waals surface area contributed by atoms with Crippen LogP contribution in [0.15, 0.2) is 0 Å². The van der Waals surface area contributed by atoms with Crippen molar-refractivity contribution in [3.05, 3.63) is 17.0 Å². The Bertz CT molecular complexity index is 649. The van der Waals surface area contributed by atoms with E-state index in [0.717, 1.165) is 62.1 Å². The number of fused-ring (bicyclic) bond motifs is 1. The minimum Gasteiger partial charge on any atom is -0.393 e. The van der Waals surface area contributed by atoms with Crippen molar-refractivity contribution in [3.63, 3.8) is 0 Å². The van der Waals surface area contributed by atoms with E-state index in [-0.39, 0.29) is 30.5 Å². The molecule has 0 spiro atoms. The van der Waals surface area contributed by atoms with Gasteiger partial charge in [-0.3, -0.25) is 4.79 Å². The Morgan fingerprint density at radius 2 is 2.00 bits per heavy atom. The number of likely N-dealkylation sites (N-methyl/N-ethyl adjacent to an activating group) is 2. The number of amides is 2. The maximum Gasteiger partial charge on any atom is 0.342 e. The van der Waals surface area contributed by atoms with Gasteiger partial charge in [0.25, 0.3) is 0 Å². The molecule has 2 aliphatic rings. The van der Waals surface area contributed by atoms with Gasteiger partial charge in [-0.15, -0.1) is 0 Å². The summed E-state index contributed by atoms with van der Waals surface area (Å²) in [6, 6.07) is -0.355. The third kappa shape index (κ3) is 3.85. The summed E-state index contributed by atoms with van der Waals surface area (Å²) in [4.78, 5) is 26.1. The van der Waals surface area contributed by atoms with Crippen LogP contribution in [-0.2, 0) is 17.8 Å². The van der Waals surface area contributed by atoms with Crippen LogP contribution in [-0.4, -0.2) is 65.0 Å². The SMILES string of the molecule is CNC(=O)CNC(=O)n1nc(C2CCC(O)CC2)c2c1CCN(C)C2. The maximum atomic E-state index is 12.5. The molecule has 0 unspecified atom stereocenters. The van der Waals surface area contributed by atoms with Crippen molar-refractivity contribution in [2.24, 2.45) is 0 Å². The second-order valence-electron chi connectivity index (χ2n) is 7.05. The second kappa shape index (κ2) is 7.53. The molecule has 138 valence electrons. The van der Waals surface area contributed by atoms with Gasteiger partial charge in [0.05, 0.1) is 24.0 Å². The van der Waals surface area contributed by atoms with Crippen molar-refractivity contribution in [2.45, 2.75) is 50.7 Å². The van der Waals surface area contributed by atoms with E-state index in [2.05, 4.69) is 27.7 Å². The van der Waals surface area contributed by atoms with Gasteiger partial charge < -0.3 is 20.6 Å². The Kier molecular flexibility index (Phi) is 5.39. The van der Waals surface area contributed by atoms with Gasteiger partial charge in [-0.05, 0) is 32.7 Å². The van der Waals surface area contributed by atoms with E-state index in [1.165, 1.54) is 11.7 Å². The van der Waals surface area contributed by atoms with Crippen LogP contribution < -0.4 is 10.6 Å². The van der Waals surface area contributed by atoms with Gasteiger partial charge >= 0.3 is 6.03 Å². The summed E-state index contributed by atoms with van der Waals surface area (Å²) in [6.45, 7) is 1.60. The molecule has 3 N–H and O–H groups in total. The highest BCUT2D eigenvalue weighted by Gasteiger charge is 2.31. The first kappa shape index (κ1) is 17.9. The summed E-state index contributed by atoms with van der Waals surface area (Å²) >= 11 is 0. The highest BCUT2D eigenvalue weighted by Crippen LogP contribution is 2.36. The molecule has 25 heavy (non-hydrogen) atoms. The van der Waals surface area contributed by atoms with Crippen LogP contribution in [0.5, 0.6) is 0 Å². The molecule has 1 aromatic rings. The molecule has 8 nitrogen and oxygen atoms in total.